The van der Waals surface area contributed by atoms with Crippen LogP contribution in [0.3, 0.4) is 0 Å². The molecule has 0 spiro atoms. The number of hydrogen-bond acceptors (Lipinski definition) is 3. The second-order valence-corrected chi connectivity index (χ2v) is 5.99. The van der Waals surface area contributed by atoms with E-state index in [1.807, 2.05) is 31.2 Å². The maximum atomic E-state index is 12.0. The van der Waals surface area contributed by atoms with Crippen molar-refractivity contribution in [1.29, 1.82) is 0 Å². The Morgan fingerprint density at radius 3 is 2.50 bits per heavy atom. The van der Waals surface area contributed by atoms with Gasteiger partial charge in [0.1, 0.15) is 5.69 Å². The largest absolute Gasteiger partial charge is 0.351 e. The van der Waals surface area contributed by atoms with Crippen LogP contribution in [-0.4, -0.2) is 29.4 Å². The van der Waals surface area contributed by atoms with Crippen LogP contribution in [0.5, 0.6) is 0 Å². The third-order valence-electron chi connectivity index (χ3n) is 3.87. The quantitative estimate of drug-likeness (QED) is 0.859. The molecule has 2 amide bonds. The second kappa shape index (κ2) is 7.25. The van der Waals surface area contributed by atoms with Gasteiger partial charge in [-0.1, -0.05) is 25.1 Å². The molecule has 3 rings (SSSR count). The summed E-state index contributed by atoms with van der Waals surface area (Å²) in [7, 11) is 0. The minimum atomic E-state index is -0.167. The Morgan fingerprint density at radius 2 is 1.83 bits per heavy atom. The summed E-state index contributed by atoms with van der Waals surface area (Å²) in [6, 6.07) is 13.0. The highest BCUT2D eigenvalue weighted by Crippen LogP contribution is 2.21. The van der Waals surface area contributed by atoms with Crippen LogP contribution in [0.1, 0.15) is 47.0 Å². The zero-order valence-corrected chi connectivity index (χ0v) is 13.7. The van der Waals surface area contributed by atoms with E-state index in [2.05, 4.69) is 15.6 Å². The van der Waals surface area contributed by atoms with E-state index in [-0.39, 0.29) is 11.8 Å². The van der Waals surface area contributed by atoms with Crippen LogP contribution in [0.15, 0.2) is 42.5 Å². The molecule has 0 radical (unpaired) electrons. The van der Waals surface area contributed by atoms with Gasteiger partial charge < -0.3 is 10.6 Å². The van der Waals surface area contributed by atoms with Gasteiger partial charge in [0.15, 0.2) is 0 Å². The van der Waals surface area contributed by atoms with Crippen molar-refractivity contribution in [2.75, 3.05) is 6.54 Å². The lowest BCUT2D eigenvalue weighted by atomic mass is 10.1. The lowest BCUT2D eigenvalue weighted by Crippen LogP contribution is -2.25. The monoisotopic (exact) mass is 323 g/mol. The molecule has 1 aliphatic carbocycles. The smallest absolute Gasteiger partial charge is 0.269 e. The molecule has 5 nitrogen and oxygen atoms in total. The normalized spacial score (nSPS) is 13.4. The van der Waals surface area contributed by atoms with Crippen LogP contribution in [0, 0.1) is 0 Å². The third kappa shape index (κ3) is 3.98. The highest BCUT2D eigenvalue weighted by atomic mass is 16.2. The molecule has 2 N–H and O–H groups in total. The lowest BCUT2D eigenvalue weighted by molar-refractivity contribution is 0.0942. The van der Waals surface area contributed by atoms with E-state index in [9.17, 15) is 9.59 Å². The molecule has 1 aromatic heterocycles. The molecule has 1 saturated carbocycles. The van der Waals surface area contributed by atoms with Crippen LogP contribution in [0.4, 0.5) is 0 Å². The maximum Gasteiger partial charge on any atom is 0.269 e. The van der Waals surface area contributed by atoms with Gasteiger partial charge in [-0.25, -0.2) is 4.98 Å². The van der Waals surface area contributed by atoms with Gasteiger partial charge in [0, 0.05) is 23.7 Å². The number of carbonyl (C=O) groups excluding carboxylic acids is 2. The van der Waals surface area contributed by atoms with Gasteiger partial charge in [0.05, 0.1) is 5.69 Å². The lowest BCUT2D eigenvalue weighted by Gasteiger charge is -2.07. The fourth-order valence-electron chi connectivity index (χ4n) is 2.34. The summed E-state index contributed by atoms with van der Waals surface area (Å²) in [5, 5.41) is 5.79. The van der Waals surface area contributed by atoms with Gasteiger partial charge in [0.25, 0.3) is 11.8 Å². The van der Waals surface area contributed by atoms with E-state index in [0.29, 0.717) is 29.5 Å². The summed E-state index contributed by atoms with van der Waals surface area (Å²) in [5.41, 5.74) is 2.63. The molecule has 1 heterocycles. The summed E-state index contributed by atoms with van der Waals surface area (Å²) in [5.74, 6) is -0.205. The van der Waals surface area contributed by atoms with Crippen molar-refractivity contribution in [3.63, 3.8) is 0 Å². The fraction of sp³-hybridized carbons (Fsp3) is 0.316. The first kappa shape index (κ1) is 16.2. The van der Waals surface area contributed by atoms with Crippen molar-refractivity contribution in [3.8, 4) is 11.3 Å². The summed E-state index contributed by atoms with van der Waals surface area (Å²) in [6.07, 6.45) is 3.02. The Bertz CT molecular complexity index is 737. The summed E-state index contributed by atoms with van der Waals surface area (Å²) in [6.45, 7) is 2.64. The van der Waals surface area contributed by atoms with E-state index >= 15 is 0 Å². The molecular formula is C19H21N3O2. The van der Waals surface area contributed by atoms with Gasteiger partial charge >= 0.3 is 0 Å². The molecule has 24 heavy (non-hydrogen) atoms. The van der Waals surface area contributed by atoms with Crippen molar-refractivity contribution < 1.29 is 9.59 Å². The van der Waals surface area contributed by atoms with E-state index in [1.165, 1.54) is 0 Å². The molecule has 0 unspecified atom stereocenters. The van der Waals surface area contributed by atoms with Gasteiger partial charge in [-0.3, -0.25) is 9.59 Å². The van der Waals surface area contributed by atoms with E-state index in [1.54, 1.807) is 18.2 Å². The molecule has 0 atom stereocenters. The van der Waals surface area contributed by atoms with Crippen LogP contribution < -0.4 is 10.6 Å². The number of amides is 2. The number of aromatic nitrogens is 1. The van der Waals surface area contributed by atoms with E-state index in [0.717, 1.165) is 24.8 Å². The number of nitrogens with one attached hydrogen (secondary N) is 2. The highest BCUT2D eigenvalue weighted by Gasteiger charge is 2.23. The Hall–Kier alpha value is -2.69. The predicted octanol–water partition coefficient (Wildman–Crippen LogP) is 2.78. The molecule has 0 saturated heterocycles. The zero-order chi connectivity index (χ0) is 16.9. The first-order chi connectivity index (χ1) is 11.7. The van der Waals surface area contributed by atoms with Crippen molar-refractivity contribution in [3.05, 3.63) is 53.7 Å². The number of carbonyl (C=O) groups is 2. The first-order valence-corrected chi connectivity index (χ1v) is 8.34. The average molecular weight is 323 g/mol. The number of rotatable bonds is 6. The van der Waals surface area contributed by atoms with Crippen molar-refractivity contribution in [2.45, 2.75) is 32.2 Å². The van der Waals surface area contributed by atoms with Crippen molar-refractivity contribution in [1.82, 2.24) is 15.6 Å². The van der Waals surface area contributed by atoms with Crippen LogP contribution >= 0.6 is 0 Å². The Balaban J connectivity index is 1.73. The summed E-state index contributed by atoms with van der Waals surface area (Å²) in [4.78, 5) is 28.4. The predicted molar refractivity (Wildman–Crippen MR) is 92.8 cm³/mol. The molecule has 0 aliphatic heterocycles. The number of hydrogen-bond donors (Lipinski definition) is 2. The molecule has 1 aliphatic rings. The molecule has 124 valence electrons. The summed E-state index contributed by atoms with van der Waals surface area (Å²) >= 11 is 0. The topological polar surface area (TPSA) is 71.1 Å². The minimum Gasteiger partial charge on any atom is -0.351 e. The van der Waals surface area contributed by atoms with E-state index < -0.39 is 0 Å². The zero-order valence-electron chi connectivity index (χ0n) is 13.7. The summed E-state index contributed by atoms with van der Waals surface area (Å²) < 4.78 is 0. The van der Waals surface area contributed by atoms with Crippen molar-refractivity contribution >= 4 is 11.8 Å². The Kier molecular flexibility index (Phi) is 4.89. The third-order valence-corrected chi connectivity index (χ3v) is 3.87. The van der Waals surface area contributed by atoms with Crippen molar-refractivity contribution in [2.24, 2.45) is 0 Å². The molecular weight excluding hydrogens is 302 g/mol. The number of pyridine rings is 1. The number of nitrogens with zero attached hydrogens (tertiary/aromatic N) is 1. The first-order valence-electron chi connectivity index (χ1n) is 8.34. The number of benzene rings is 1. The molecule has 0 bridgehead atoms. The van der Waals surface area contributed by atoms with Gasteiger partial charge in [-0.15, -0.1) is 0 Å². The van der Waals surface area contributed by atoms with Crippen LogP contribution in [0.25, 0.3) is 11.3 Å². The van der Waals surface area contributed by atoms with E-state index in [4.69, 9.17) is 0 Å². The van der Waals surface area contributed by atoms with Gasteiger partial charge in [0.2, 0.25) is 0 Å². The second-order valence-electron chi connectivity index (χ2n) is 5.99. The van der Waals surface area contributed by atoms with Crippen LogP contribution in [0.2, 0.25) is 0 Å². The average Bonchev–Trinajstić information content (AvgIpc) is 3.44. The SMILES string of the molecule is CCCNC(=O)c1cccc(-c2ccc(C(=O)NC3CC3)cc2)n1. The molecule has 2 aromatic rings. The van der Waals surface area contributed by atoms with Crippen LogP contribution in [-0.2, 0) is 0 Å². The fourth-order valence-corrected chi connectivity index (χ4v) is 2.34. The Morgan fingerprint density at radius 1 is 1.08 bits per heavy atom. The highest BCUT2D eigenvalue weighted by molar-refractivity contribution is 5.95. The Labute approximate surface area is 141 Å². The molecule has 1 aromatic carbocycles. The molecule has 5 heteroatoms. The molecule has 1 fully saturated rings. The minimum absolute atomic E-state index is 0.0373. The standard InChI is InChI=1S/C19H21N3O2/c1-2-12-20-19(24)17-5-3-4-16(22-17)13-6-8-14(9-7-13)18(23)21-15-10-11-15/h3-9,15H,2,10-12H2,1H3,(H,20,24)(H,21,23). The van der Waals surface area contributed by atoms with Gasteiger partial charge in [-0.2, -0.15) is 0 Å². The van der Waals surface area contributed by atoms with Gasteiger partial charge in [-0.05, 0) is 43.5 Å². The maximum absolute atomic E-state index is 12.0.